The lowest BCUT2D eigenvalue weighted by Gasteiger charge is -2.58. The summed E-state index contributed by atoms with van der Waals surface area (Å²) in [5.41, 5.74) is 2.80. The van der Waals surface area contributed by atoms with Crippen molar-refractivity contribution in [2.45, 2.75) is 88.8 Å². The van der Waals surface area contributed by atoms with E-state index in [9.17, 15) is 4.39 Å². The molecular weight excluding hydrogens is 607 g/mol. The van der Waals surface area contributed by atoms with Crippen molar-refractivity contribution >= 4 is 5.82 Å². The number of hydrogen-bond donors (Lipinski definition) is 0. The molecule has 2 spiro atoms. The van der Waals surface area contributed by atoms with Crippen molar-refractivity contribution in [2.24, 2.45) is 17.3 Å². The molecule has 6 fully saturated rings. The van der Waals surface area contributed by atoms with E-state index in [1.54, 1.807) is 12.3 Å². The Morgan fingerprint density at radius 1 is 0.958 bits per heavy atom. The van der Waals surface area contributed by atoms with Gasteiger partial charge in [-0.1, -0.05) is 13.8 Å². The molecule has 2 saturated carbocycles. The lowest BCUT2D eigenvalue weighted by molar-refractivity contribution is -0.179. The second-order valence-corrected chi connectivity index (χ2v) is 16.0. The summed E-state index contributed by atoms with van der Waals surface area (Å²) in [7, 11) is 0. The van der Waals surface area contributed by atoms with Crippen molar-refractivity contribution in [1.29, 1.82) is 0 Å². The van der Waals surface area contributed by atoms with E-state index in [0.717, 1.165) is 69.6 Å². The first-order chi connectivity index (χ1) is 23.4. The highest BCUT2D eigenvalue weighted by Crippen LogP contribution is 2.50. The predicted octanol–water partition coefficient (Wildman–Crippen LogP) is 5.71. The van der Waals surface area contributed by atoms with E-state index in [0.29, 0.717) is 46.6 Å². The van der Waals surface area contributed by atoms with Gasteiger partial charge in [-0.3, -0.25) is 4.90 Å². The van der Waals surface area contributed by atoms with Crippen molar-refractivity contribution in [3.63, 3.8) is 0 Å². The highest BCUT2D eigenvalue weighted by Gasteiger charge is 2.53. The zero-order valence-corrected chi connectivity index (χ0v) is 28.2. The maximum atomic E-state index is 14.6. The SMILES string of the molecule is CC(C)[C@H](C1CC(N2CCC3(CCO3)CC2)C1)N1CC2(CCN(c3ncnnc3Oc3ccc(F)cc3-c3nnccc3C3CC3)C2)C1. The maximum absolute atomic E-state index is 14.6. The first kappa shape index (κ1) is 30.8. The van der Waals surface area contributed by atoms with Gasteiger partial charge in [-0.05, 0) is 98.9 Å². The Hall–Kier alpha value is -3.28. The number of aromatic nitrogens is 5. The van der Waals surface area contributed by atoms with Crippen molar-refractivity contribution < 1.29 is 13.9 Å². The molecular formula is C37H47FN8O2. The summed E-state index contributed by atoms with van der Waals surface area (Å²) < 4.78 is 27.0. The standard InChI is InChI=1S/C37H47FN8O2/c1-24(2)33(26-17-28(18-26)44-14-9-37(10-15-44)11-16-47-37)46-21-36(22-46)8-13-45(20-36)34-35(43-41-23-39-34)48-31-6-5-27(38)19-30(31)32-29(25-3-4-25)7-12-40-42-32/h5-7,12,19,23-26,28,33H,3-4,8-11,13-18,20-22H2,1-2H3/t26?,28?,33-/m1/s1. The summed E-state index contributed by atoms with van der Waals surface area (Å²) in [6.45, 7) is 12.3. The average Bonchev–Trinajstić information content (AvgIpc) is 3.80. The number of halogens is 1. The summed E-state index contributed by atoms with van der Waals surface area (Å²) in [6.07, 6.45) is 12.9. The Labute approximate surface area is 282 Å². The molecule has 11 heteroatoms. The average molecular weight is 655 g/mol. The van der Waals surface area contributed by atoms with Gasteiger partial charge in [-0.2, -0.15) is 10.2 Å². The molecule has 3 aromatic rings. The van der Waals surface area contributed by atoms with Gasteiger partial charge in [-0.15, -0.1) is 10.2 Å². The number of ether oxygens (including phenoxy) is 2. The molecule has 1 aromatic carbocycles. The van der Waals surface area contributed by atoms with Crippen molar-refractivity contribution in [3.05, 3.63) is 48.2 Å². The number of piperidine rings is 1. The van der Waals surface area contributed by atoms with Gasteiger partial charge in [0.2, 0.25) is 0 Å². The van der Waals surface area contributed by atoms with Gasteiger partial charge in [0, 0.05) is 68.5 Å². The normalized spacial score (nSPS) is 27.1. The van der Waals surface area contributed by atoms with Crippen LogP contribution in [0.3, 0.4) is 0 Å². The fourth-order valence-electron chi connectivity index (χ4n) is 9.65. The lowest BCUT2D eigenvalue weighted by atomic mass is 9.67. The van der Waals surface area contributed by atoms with Gasteiger partial charge in [0.1, 0.15) is 23.6 Å². The highest BCUT2D eigenvalue weighted by molar-refractivity contribution is 5.71. The first-order valence-electron chi connectivity index (χ1n) is 18.2. The van der Waals surface area contributed by atoms with Gasteiger partial charge in [0.15, 0.2) is 5.82 Å². The fourth-order valence-corrected chi connectivity index (χ4v) is 9.65. The third-order valence-corrected chi connectivity index (χ3v) is 12.5. The molecule has 9 rings (SSSR count). The van der Waals surface area contributed by atoms with Crippen LogP contribution in [0.5, 0.6) is 11.6 Å². The first-order valence-corrected chi connectivity index (χ1v) is 18.2. The molecule has 0 radical (unpaired) electrons. The van der Waals surface area contributed by atoms with Crippen LogP contribution in [0.15, 0.2) is 36.8 Å². The van der Waals surface area contributed by atoms with Crippen molar-refractivity contribution in [3.8, 4) is 22.9 Å². The summed E-state index contributed by atoms with van der Waals surface area (Å²) in [5.74, 6) is 3.01. The van der Waals surface area contributed by atoms with Crippen LogP contribution in [0, 0.1) is 23.1 Å². The minimum absolute atomic E-state index is 0.233. The van der Waals surface area contributed by atoms with Gasteiger partial charge >= 0.3 is 0 Å². The summed E-state index contributed by atoms with van der Waals surface area (Å²) in [4.78, 5) is 12.5. The van der Waals surface area contributed by atoms with Gasteiger partial charge in [0.05, 0.1) is 12.2 Å². The van der Waals surface area contributed by atoms with E-state index < -0.39 is 0 Å². The number of hydrogen-bond acceptors (Lipinski definition) is 10. The van der Waals surface area contributed by atoms with Crippen molar-refractivity contribution in [2.75, 3.05) is 50.8 Å². The van der Waals surface area contributed by atoms with Crippen LogP contribution in [-0.2, 0) is 4.74 Å². The predicted molar refractivity (Wildman–Crippen MR) is 179 cm³/mol. The molecule has 0 N–H and O–H groups in total. The Morgan fingerprint density at radius 3 is 2.50 bits per heavy atom. The number of benzene rings is 1. The molecule has 4 saturated heterocycles. The molecule has 6 aliphatic rings. The lowest BCUT2D eigenvalue weighted by Crippen LogP contribution is -2.66. The van der Waals surface area contributed by atoms with Crippen LogP contribution in [0.4, 0.5) is 10.2 Å². The fraction of sp³-hybridized carbons (Fsp3) is 0.649. The van der Waals surface area contributed by atoms with Crippen LogP contribution in [-0.4, -0.2) is 98.7 Å². The molecule has 4 aliphatic heterocycles. The smallest absolute Gasteiger partial charge is 0.282 e. The monoisotopic (exact) mass is 654 g/mol. The number of anilines is 1. The molecule has 1 atom stereocenters. The minimum Gasteiger partial charge on any atom is -0.434 e. The van der Waals surface area contributed by atoms with E-state index in [1.165, 1.54) is 63.7 Å². The molecule has 2 aromatic heterocycles. The summed E-state index contributed by atoms with van der Waals surface area (Å²) in [6, 6.07) is 7.91. The van der Waals surface area contributed by atoms with Crippen LogP contribution >= 0.6 is 0 Å². The summed E-state index contributed by atoms with van der Waals surface area (Å²) in [5, 5.41) is 17.0. The zero-order chi connectivity index (χ0) is 32.5. The molecule has 0 amide bonds. The maximum Gasteiger partial charge on any atom is 0.282 e. The third kappa shape index (κ3) is 5.55. The Balaban J connectivity index is 0.856. The van der Waals surface area contributed by atoms with E-state index in [-0.39, 0.29) is 16.8 Å². The number of nitrogens with zero attached hydrogens (tertiary/aromatic N) is 8. The van der Waals surface area contributed by atoms with E-state index in [1.807, 2.05) is 6.07 Å². The van der Waals surface area contributed by atoms with Gasteiger partial charge < -0.3 is 19.3 Å². The van der Waals surface area contributed by atoms with Crippen LogP contribution < -0.4 is 9.64 Å². The molecule has 2 aliphatic carbocycles. The van der Waals surface area contributed by atoms with Gasteiger partial charge in [0.25, 0.3) is 5.88 Å². The van der Waals surface area contributed by atoms with E-state index in [4.69, 9.17) is 9.47 Å². The Morgan fingerprint density at radius 2 is 1.77 bits per heavy atom. The van der Waals surface area contributed by atoms with Gasteiger partial charge in [-0.25, -0.2) is 9.37 Å². The second-order valence-electron chi connectivity index (χ2n) is 16.0. The topological polar surface area (TPSA) is 92.6 Å². The van der Waals surface area contributed by atoms with Crippen molar-refractivity contribution in [1.82, 2.24) is 35.2 Å². The number of rotatable bonds is 9. The molecule has 0 bridgehead atoms. The summed E-state index contributed by atoms with van der Waals surface area (Å²) >= 11 is 0. The number of likely N-dealkylation sites (tertiary alicyclic amines) is 2. The third-order valence-electron chi connectivity index (χ3n) is 12.5. The molecule has 6 heterocycles. The Bertz CT molecular complexity index is 1640. The molecule has 254 valence electrons. The minimum atomic E-state index is -0.348. The van der Waals surface area contributed by atoms with Crippen LogP contribution in [0.25, 0.3) is 11.3 Å². The van der Waals surface area contributed by atoms with Crippen LogP contribution in [0.1, 0.15) is 76.7 Å². The highest BCUT2D eigenvalue weighted by atomic mass is 19.1. The van der Waals surface area contributed by atoms with E-state index in [2.05, 4.69) is 53.9 Å². The Kier molecular flexibility index (Phi) is 7.66. The quantitative estimate of drug-likeness (QED) is 0.286. The van der Waals surface area contributed by atoms with E-state index >= 15 is 0 Å². The largest absolute Gasteiger partial charge is 0.434 e. The second kappa shape index (κ2) is 11.9. The molecule has 48 heavy (non-hydrogen) atoms. The molecule has 0 unspecified atom stereocenters. The van der Waals surface area contributed by atoms with Crippen LogP contribution in [0.2, 0.25) is 0 Å². The zero-order valence-electron chi connectivity index (χ0n) is 28.2. The molecule has 10 nitrogen and oxygen atoms in total.